The Hall–Kier alpha value is -2.37. The van der Waals surface area contributed by atoms with Gasteiger partial charge in [0.15, 0.2) is 0 Å². The number of hydrogen-bond donors (Lipinski definition) is 1. The molecule has 2 aliphatic heterocycles. The van der Waals surface area contributed by atoms with Crippen LogP contribution in [0.15, 0.2) is 39.5 Å². The monoisotopic (exact) mass is 581 g/mol. The molecule has 238 valence electrons. The van der Waals surface area contributed by atoms with Crippen molar-refractivity contribution in [1.29, 1.82) is 0 Å². The van der Waals surface area contributed by atoms with E-state index in [0.717, 1.165) is 0 Å². The minimum Gasteiger partial charge on any atom is -0.286 e. The molecule has 0 amide bonds. The molecule has 6 nitrogen and oxygen atoms in total. The zero-order valence-electron chi connectivity index (χ0n) is 30.4. The lowest BCUT2D eigenvalue weighted by Crippen LogP contribution is -2.39. The van der Waals surface area contributed by atoms with Crippen molar-refractivity contribution >= 4 is 18.6 Å². The van der Waals surface area contributed by atoms with Gasteiger partial charge in [-0.25, -0.2) is 0 Å². The van der Waals surface area contributed by atoms with Crippen molar-refractivity contribution in [2.24, 2.45) is 54.7 Å². The summed E-state index contributed by atoms with van der Waals surface area (Å²) in [5.74, 6) is 1.41. The van der Waals surface area contributed by atoms with E-state index in [0.29, 0.717) is 17.8 Å². The molecule has 3 unspecified atom stereocenters. The fourth-order valence-corrected chi connectivity index (χ4v) is 5.21. The lowest BCUT2D eigenvalue weighted by atomic mass is 9.65. The van der Waals surface area contributed by atoms with E-state index in [1.807, 2.05) is 31.0 Å². The number of aromatic nitrogens is 2. The largest absolute Gasteiger partial charge is 0.286 e. The Morgan fingerprint density at radius 1 is 0.500 bits per heavy atom. The highest BCUT2D eigenvalue weighted by Crippen LogP contribution is 2.41. The molecule has 42 heavy (non-hydrogen) atoms. The first kappa shape index (κ1) is 37.7. The van der Waals surface area contributed by atoms with Gasteiger partial charge in [-0.1, -0.05) is 125 Å². The molecular formula is C36H64N6. The second-order valence-corrected chi connectivity index (χ2v) is 18.2. The van der Waals surface area contributed by atoms with E-state index >= 15 is 0 Å². The standard InChI is InChI=1S/2C12H22N2.C12H20N2/c3*1-11(2,3)9-7-13-14-8-10(9)12(4,5)6/h7-9,14H,1-6H3;7-10H,1-6H3;7-8H,1-6H3. The number of nitrogens with zero attached hydrogens (tertiary/aromatic N) is 5. The zero-order valence-corrected chi connectivity index (χ0v) is 30.4. The minimum absolute atomic E-state index is 0.137. The summed E-state index contributed by atoms with van der Waals surface area (Å²) >= 11 is 0. The maximum atomic E-state index is 4.14. The molecule has 2 aliphatic rings. The maximum Gasteiger partial charge on any atom is 0.0536 e. The maximum absolute atomic E-state index is 4.14. The second kappa shape index (κ2) is 13.5. The summed E-state index contributed by atoms with van der Waals surface area (Å²) in [5.41, 5.74) is 8.20. The predicted molar refractivity (Wildman–Crippen MR) is 184 cm³/mol. The quantitative estimate of drug-likeness (QED) is 0.332. The van der Waals surface area contributed by atoms with Crippen LogP contribution in [0.25, 0.3) is 0 Å². The highest BCUT2D eigenvalue weighted by Gasteiger charge is 2.38. The third-order valence-electron chi connectivity index (χ3n) is 7.91. The summed E-state index contributed by atoms with van der Waals surface area (Å²) in [6.07, 6.45) is 11.9. The molecule has 1 aromatic heterocycles. The van der Waals surface area contributed by atoms with Gasteiger partial charge in [-0.05, 0) is 49.2 Å². The van der Waals surface area contributed by atoms with E-state index < -0.39 is 0 Å². The Morgan fingerprint density at radius 3 is 1.14 bits per heavy atom. The Balaban J connectivity index is 0.000000315. The molecule has 3 heterocycles. The lowest BCUT2D eigenvalue weighted by Gasteiger charge is -2.40. The van der Waals surface area contributed by atoms with Crippen LogP contribution < -0.4 is 5.43 Å². The van der Waals surface area contributed by atoms with E-state index in [1.165, 1.54) is 16.7 Å². The fraction of sp³-hybridized carbons (Fsp3) is 0.750. The number of rotatable bonds is 0. The lowest BCUT2D eigenvalue weighted by molar-refractivity contribution is 0.177. The van der Waals surface area contributed by atoms with Crippen LogP contribution in [-0.2, 0) is 10.8 Å². The van der Waals surface area contributed by atoms with E-state index in [4.69, 9.17) is 0 Å². The minimum atomic E-state index is 0.137. The average molecular weight is 581 g/mol. The molecule has 0 aliphatic carbocycles. The van der Waals surface area contributed by atoms with Crippen LogP contribution in [-0.4, -0.2) is 28.8 Å². The topological polar surface area (TPSA) is 74.9 Å². The van der Waals surface area contributed by atoms with Crippen molar-refractivity contribution in [2.45, 2.75) is 135 Å². The predicted octanol–water partition coefficient (Wildman–Crippen LogP) is 9.62. The van der Waals surface area contributed by atoms with Gasteiger partial charge in [0, 0.05) is 42.6 Å². The van der Waals surface area contributed by atoms with Crippen molar-refractivity contribution in [2.75, 3.05) is 0 Å². The number of allylic oxidation sites excluding steroid dienone is 1. The molecule has 0 aromatic carbocycles. The van der Waals surface area contributed by atoms with Crippen molar-refractivity contribution in [3.8, 4) is 0 Å². The van der Waals surface area contributed by atoms with Gasteiger partial charge in [0.1, 0.15) is 0 Å². The van der Waals surface area contributed by atoms with Crippen LogP contribution >= 0.6 is 0 Å². The number of hydrazone groups is 1. The van der Waals surface area contributed by atoms with Gasteiger partial charge >= 0.3 is 0 Å². The molecule has 0 spiro atoms. The molecule has 0 saturated carbocycles. The number of hydrogen-bond acceptors (Lipinski definition) is 6. The van der Waals surface area contributed by atoms with E-state index in [-0.39, 0.29) is 32.5 Å². The van der Waals surface area contributed by atoms with Crippen molar-refractivity contribution < 1.29 is 0 Å². The molecule has 0 fully saturated rings. The van der Waals surface area contributed by atoms with Gasteiger partial charge in [0.2, 0.25) is 0 Å². The summed E-state index contributed by atoms with van der Waals surface area (Å²) in [7, 11) is 0. The first-order chi connectivity index (χ1) is 18.7. The Kier molecular flexibility index (Phi) is 12.1. The van der Waals surface area contributed by atoms with Crippen LogP contribution in [0.4, 0.5) is 0 Å². The van der Waals surface area contributed by atoms with E-state index in [9.17, 15) is 0 Å². The summed E-state index contributed by atoms with van der Waals surface area (Å²) < 4.78 is 0. The van der Waals surface area contributed by atoms with Crippen molar-refractivity contribution in [1.82, 2.24) is 15.6 Å². The summed E-state index contributed by atoms with van der Waals surface area (Å²) in [6.45, 7) is 40.4. The molecular weight excluding hydrogens is 516 g/mol. The van der Waals surface area contributed by atoms with Crippen LogP contribution in [0.1, 0.15) is 136 Å². The van der Waals surface area contributed by atoms with Gasteiger partial charge in [0.25, 0.3) is 0 Å². The first-order valence-electron chi connectivity index (χ1n) is 15.6. The average Bonchev–Trinajstić information content (AvgIpc) is 2.82. The van der Waals surface area contributed by atoms with Gasteiger partial charge in [0.05, 0.1) is 12.4 Å². The third-order valence-corrected chi connectivity index (χ3v) is 7.91. The second-order valence-electron chi connectivity index (χ2n) is 18.2. The fourth-order valence-electron chi connectivity index (χ4n) is 5.21. The summed E-state index contributed by atoms with van der Waals surface area (Å²) in [5, 5.41) is 20.2. The van der Waals surface area contributed by atoms with Crippen LogP contribution in [0, 0.1) is 39.4 Å². The smallest absolute Gasteiger partial charge is 0.0536 e. The van der Waals surface area contributed by atoms with E-state index in [2.05, 4.69) is 162 Å². The molecule has 0 saturated heterocycles. The highest BCUT2D eigenvalue weighted by atomic mass is 15.3. The highest BCUT2D eigenvalue weighted by molar-refractivity contribution is 5.75. The van der Waals surface area contributed by atoms with Gasteiger partial charge in [-0.2, -0.15) is 25.5 Å². The van der Waals surface area contributed by atoms with Crippen molar-refractivity contribution in [3.05, 3.63) is 35.3 Å². The molecule has 0 radical (unpaired) electrons. The molecule has 1 aromatic rings. The van der Waals surface area contributed by atoms with Gasteiger partial charge < -0.3 is 0 Å². The normalized spacial score (nSPS) is 21.4. The SMILES string of the molecule is CC(C)(C)C1=CNN=CC1C(C)(C)C.CC(C)(C)C1C=NN=CC1C(C)(C)C.CC(C)(C)c1cnncc1C(C)(C)C. The molecule has 1 N–H and O–H groups in total. The Morgan fingerprint density at radius 2 is 0.881 bits per heavy atom. The van der Waals surface area contributed by atoms with E-state index in [1.54, 1.807) is 0 Å². The third kappa shape index (κ3) is 11.4. The van der Waals surface area contributed by atoms with Crippen LogP contribution in [0.3, 0.4) is 0 Å². The summed E-state index contributed by atoms with van der Waals surface area (Å²) in [6, 6.07) is 0. The summed E-state index contributed by atoms with van der Waals surface area (Å²) in [4.78, 5) is 0. The molecule has 3 atom stereocenters. The number of nitrogens with one attached hydrogen (secondary N) is 1. The zero-order chi connectivity index (χ0) is 32.9. The van der Waals surface area contributed by atoms with Gasteiger partial charge in [-0.3, -0.25) is 5.43 Å². The molecule has 0 bridgehead atoms. The van der Waals surface area contributed by atoms with Crippen LogP contribution in [0.5, 0.6) is 0 Å². The molecule has 3 rings (SSSR count). The Labute approximate surface area is 259 Å². The van der Waals surface area contributed by atoms with Crippen LogP contribution in [0.2, 0.25) is 0 Å². The molecule has 6 heteroatoms. The van der Waals surface area contributed by atoms with Gasteiger partial charge in [-0.15, -0.1) is 0 Å². The first-order valence-corrected chi connectivity index (χ1v) is 15.6. The van der Waals surface area contributed by atoms with Crippen molar-refractivity contribution in [3.63, 3.8) is 0 Å². The Bertz CT molecular complexity index is 1050.